The van der Waals surface area contributed by atoms with E-state index in [0.29, 0.717) is 17.0 Å². The Bertz CT molecular complexity index is 1620. The van der Waals surface area contributed by atoms with Gasteiger partial charge in [0.15, 0.2) is 0 Å². The molecule has 5 rings (SSSR count). The van der Waals surface area contributed by atoms with Crippen LogP contribution in [0.5, 0.6) is 5.75 Å². The summed E-state index contributed by atoms with van der Waals surface area (Å²) in [5.74, 6) is -2.00. The van der Waals surface area contributed by atoms with Crippen molar-refractivity contribution >= 4 is 46.0 Å². The standard InChI is InChI=1S/C29H24N4O5S/c1-37-20-9-5-8-18(13-20)24-21(15-30)26(31)33-28(36)22(14-23(34)38-2)39-29(33)25(24)27(35)32-19-11-10-16-6-3-4-7-17(16)12-19/h3-13,22,24H,14,31H2,1-2H3,(H,32,35)/t22-,24-/m0/s1. The van der Waals surface area contributed by atoms with Crippen LogP contribution in [0.15, 0.2) is 88.7 Å². The Balaban J connectivity index is 1.65. The van der Waals surface area contributed by atoms with E-state index in [0.717, 1.165) is 22.5 Å². The topological polar surface area (TPSA) is 135 Å². The molecule has 39 heavy (non-hydrogen) atoms. The zero-order valence-corrected chi connectivity index (χ0v) is 22.0. The quantitative estimate of drug-likeness (QED) is 0.448. The Kier molecular flexibility index (Phi) is 7.00. The highest BCUT2D eigenvalue weighted by molar-refractivity contribution is 8.04. The highest BCUT2D eigenvalue weighted by Gasteiger charge is 2.48. The lowest BCUT2D eigenvalue weighted by molar-refractivity contribution is -0.142. The van der Waals surface area contributed by atoms with Gasteiger partial charge in [0.1, 0.15) is 16.8 Å². The van der Waals surface area contributed by atoms with Crippen molar-refractivity contribution in [3.05, 3.63) is 94.3 Å². The third-order valence-electron chi connectivity index (χ3n) is 6.66. The summed E-state index contributed by atoms with van der Waals surface area (Å²) in [6.07, 6.45) is -0.210. The van der Waals surface area contributed by atoms with Crippen LogP contribution < -0.4 is 15.8 Å². The fourth-order valence-electron chi connectivity index (χ4n) is 4.76. The maximum Gasteiger partial charge on any atom is 0.307 e. The molecule has 2 amide bonds. The molecule has 0 bridgehead atoms. The van der Waals surface area contributed by atoms with Gasteiger partial charge in [0.25, 0.3) is 5.91 Å². The summed E-state index contributed by atoms with van der Waals surface area (Å²) in [6, 6.07) is 22.4. The van der Waals surface area contributed by atoms with Gasteiger partial charge in [0, 0.05) is 5.69 Å². The number of esters is 1. The molecule has 0 saturated carbocycles. The Morgan fingerprint density at radius 2 is 1.85 bits per heavy atom. The van der Waals surface area contributed by atoms with E-state index in [1.807, 2.05) is 36.4 Å². The van der Waals surface area contributed by atoms with E-state index in [2.05, 4.69) is 11.4 Å². The predicted molar refractivity (Wildman–Crippen MR) is 147 cm³/mol. The van der Waals surface area contributed by atoms with Crippen LogP contribution in [0.2, 0.25) is 0 Å². The van der Waals surface area contributed by atoms with Gasteiger partial charge in [-0.15, -0.1) is 0 Å². The van der Waals surface area contributed by atoms with Gasteiger partial charge in [-0.2, -0.15) is 5.26 Å². The number of nitriles is 1. The molecule has 0 aromatic heterocycles. The average Bonchev–Trinajstić information content (AvgIpc) is 3.27. The highest BCUT2D eigenvalue weighted by Crippen LogP contribution is 2.50. The van der Waals surface area contributed by atoms with Crippen molar-refractivity contribution < 1.29 is 23.9 Å². The number of ether oxygens (including phenoxy) is 2. The van der Waals surface area contributed by atoms with Crippen molar-refractivity contribution in [2.24, 2.45) is 5.73 Å². The first kappa shape index (κ1) is 25.9. The predicted octanol–water partition coefficient (Wildman–Crippen LogP) is 4.00. The molecular weight excluding hydrogens is 516 g/mol. The molecule has 0 radical (unpaired) electrons. The number of rotatable bonds is 6. The molecule has 0 aliphatic carbocycles. The molecular formula is C29H24N4O5S. The van der Waals surface area contributed by atoms with Crippen molar-refractivity contribution in [3.63, 3.8) is 0 Å². The minimum absolute atomic E-state index is 0.0448. The van der Waals surface area contributed by atoms with Crippen LogP contribution in [0.4, 0.5) is 5.69 Å². The van der Waals surface area contributed by atoms with Gasteiger partial charge >= 0.3 is 5.97 Å². The number of hydrogen-bond donors (Lipinski definition) is 2. The molecule has 9 nitrogen and oxygen atoms in total. The van der Waals surface area contributed by atoms with Crippen molar-refractivity contribution in [3.8, 4) is 11.8 Å². The van der Waals surface area contributed by atoms with E-state index in [9.17, 15) is 19.6 Å². The zero-order valence-electron chi connectivity index (χ0n) is 21.1. The number of fused-ring (bicyclic) bond motifs is 2. The summed E-state index contributed by atoms with van der Waals surface area (Å²) < 4.78 is 10.1. The molecule has 2 aliphatic heterocycles. The molecule has 3 aromatic carbocycles. The Morgan fingerprint density at radius 1 is 1.08 bits per heavy atom. The molecule has 0 unspecified atom stereocenters. The summed E-state index contributed by atoms with van der Waals surface area (Å²) in [5, 5.41) is 14.5. The fourth-order valence-corrected chi connectivity index (χ4v) is 6.09. The molecule has 3 aromatic rings. The van der Waals surface area contributed by atoms with Crippen LogP contribution in [0.3, 0.4) is 0 Å². The summed E-state index contributed by atoms with van der Waals surface area (Å²) in [6.45, 7) is 0. The first-order valence-electron chi connectivity index (χ1n) is 12.0. The monoisotopic (exact) mass is 540 g/mol. The van der Waals surface area contributed by atoms with E-state index < -0.39 is 29.0 Å². The maximum absolute atomic E-state index is 14.0. The lowest BCUT2D eigenvalue weighted by atomic mass is 9.82. The zero-order chi connectivity index (χ0) is 27.7. The minimum atomic E-state index is -0.881. The molecule has 10 heteroatoms. The number of nitrogens with one attached hydrogen (secondary N) is 1. The van der Waals surface area contributed by atoms with Gasteiger partial charge in [-0.25, -0.2) is 0 Å². The van der Waals surface area contributed by atoms with E-state index in [4.69, 9.17) is 15.2 Å². The average molecular weight is 541 g/mol. The Morgan fingerprint density at radius 3 is 2.56 bits per heavy atom. The molecule has 2 atom stereocenters. The third kappa shape index (κ3) is 4.69. The lowest BCUT2D eigenvalue weighted by Crippen LogP contribution is -2.39. The van der Waals surface area contributed by atoms with Gasteiger partial charge in [0.05, 0.1) is 48.8 Å². The number of thioether (sulfide) groups is 1. The van der Waals surface area contributed by atoms with Crippen molar-refractivity contribution in [1.29, 1.82) is 5.26 Å². The summed E-state index contributed by atoms with van der Waals surface area (Å²) in [4.78, 5) is 40.6. The highest BCUT2D eigenvalue weighted by atomic mass is 32.2. The van der Waals surface area contributed by atoms with Gasteiger partial charge in [0.2, 0.25) is 5.91 Å². The smallest absolute Gasteiger partial charge is 0.307 e. The van der Waals surface area contributed by atoms with Crippen LogP contribution in [0.1, 0.15) is 17.9 Å². The molecule has 1 saturated heterocycles. The second-order valence-corrected chi connectivity index (χ2v) is 10.1. The summed E-state index contributed by atoms with van der Waals surface area (Å²) in [5.41, 5.74) is 7.76. The fraction of sp³-hybridized carbons (Fsp3) is 0.172. The van der Waals surface area contributed by atoms with Crippen LogP contribution in [0.25, 0.3) is 10.8 Å². The van der Waals surface area contributed by atoms with Crippen LogP contribution >= 0.6 is 11.8 Å². The number of hydrogen-bond acceptors (Lipinski definition) is 8. The van der Waals surface area contributed by atoms with Crippen molar-refractivity contribution in [2.75, 3.05) is 19.5 Å². The largest absolute Gasteiger partial charge is 0.497 e. The third-order valence-corrected chi connectivity index (χ3v) is 7.94. The number of nitrogens with zero attached hydrogens (tertiary/aromatic N) is 2. The van der Waals surface area contributed by atoms with Crippen LogP contribution in [-0.4, -0.2) is 42.2 Å². The van der Waals surface area contributed by atoms with Gasteiger partial charge in [-0.05, 0) is 40.6 Å². The molecule has 196 valence electrons. The van der Waals surface area contributed by atoms with Crippen molar-refractivity contribution in [1.82, 2.24) is 4.90 Å². The SMILES string of the molecule is COC(=O)C[C@@H]1SC2=C(C(=O)Nc3ccc4ccccc4c3)[C@@H](c3cccc(OC)c3)C(C#N)=C(N)N2C1=O. The lowest BCUT2D eigenvalue weighted by Gasteiger charge is -2.32. The molecule has 1 fully saturated rings. The van der Waals surface area contributed by atoms with E-state index in [-0.39, 0.29) is 28.4 Å². The molecule has 2 heterocycles. The van der Waals surface area contributed by atoms with Gasteiger partial charge in [-0.1, -0.05) is 54.2 Å². The number of amides is 2. The molecule has 2 aliphatic rings. The normalized spacial score (nSPS) is 18.6. The van der Waals surface area contributed by atoms with Crippen molar-refractivity contribution in [2.45, 2.75) is 17.6 Å². The summed E-state index contributed by atoms with van der Waals surface area (Å²) in [7, 11) is 2.76. The van der Waals surface area contributed by atoms with E-state index >= 15 is 0 Å². The first-order valence-corrected chi connectivity index (χ1v) is 12.9. The second kappa shape index (κ2) is 10.6. The summed E-state index contributed by atoms with van der Waals surface area (Å²) >= 11 is 1.06. The first-order chi connectivity index (χ1) is 18.9. The minimum Gasteiger partial charge on any atom is -0.497 e. The maximum atomic E-state index is 14.0. The van der Waals surface area contributed by atoms with Crippen LogP contribution in [0, 0.1) is 11.3 Å². The number of nitrogens with two attached hydrogens (primary N) is 1. The van der Waals surface area contributed by atoms with E-state index in [1.165, 1.54) is 19.1 Å². The second-order valence-electron chi connectivity index (χ2n) is 8.92. The number of benzene rings is 3. The molecule has 3 N–H and O–H groups in total. The van der Waals surface area contributed by atoms with Gasteiger partial charge in [-0.3, -0.25) is 19.3 Å². The number of carbonyl (C=O) groups excluding carboxylic acids is 3. The molecule has 0 spiro atoms. The Labute approximate surface area is 228 Å². The van der Waals surface area contributed by atoms with Gasteiger partial charge < -0.3 is 20.5 Å². The number of carbonyl (C=O) groups is 3. The number of allylic oxidation sites excluding steroid dienone is 1. The number of methoxy groups -OCH3 is 2. The van der Waals surface area contributed by atoms with E-state index in [1.54, 1.807) is 30.3 Å². The number of anilines is 1. The Hall–Kier alpha value is -4.75. The van der Waals surface area contributed by atoms with Crippen LogP contribution in [-0.2, 0) is 19.1 Å².